The molecule has 0 bridgehead atoms. The van der Waals surface area contributed by atoms with Crippen LogP contribution in [-0.2, 0) is 12.8 Å². The van der Waals surface area contributed by atoms with Crippen LogP contribution in [0.3, 0.4) is 0 Å². The molecule has 1 aliphatic heterocycles. The van der Waals surface area contributed by atoms with E-state index in [2.05, 4.69) is 43.4 Å². The number of rotatable bonds is 5. The first-order chi connectivity index (χ1) is 10.3. The maximum Gasteiger partial charge on any atom is 0.122 e. The van der Waals surface area contributed by atoms with Gasteiger partial charge in [0.15, 0.2) is 0 Å². The van der Waals surface area contributed by atoms with Crippen molar-refractivity contribution in [1.82, 2.24) is 5.32 Å². The molecule has 0 aliphatic carbocycles. The van der Waals surface area contributed by atoms with E-state index in [9.17, 15) is 0 Å². The lowest BCUT2D eigenvalue weighted by molar-refractivity contribution is 0.288. The second kappa shape index (κ2) is 6.35. The summed E-state index contributed by atoms with van der Waals surface area (Å²) in [5.41, 5.74) is 3.86. The summed E-state index contributed by atoms with van der Waals surface area (Å²) in [7, 11) is 0. The number of hydrogen-bond donors (Lipinski definition) is 1. The van der Waals surface area contributed by atoms with E-state index in [1.54, 1.807) is 6.26 Å². The van der Waals surface area contributed by atoms with Crippen LogP contribution in [0.5, 0.6) is 5.75 Å². The van der Waals surface area contributed by atoms with Crippen molar-refractivity contribution < 1.29 is 9.15 Å². The van der Waals surface area contributed by atoms with E-state index in [0.717, 1.165) is 43.9 Å². The zero-order valence-electron chi connectivity index (χ0n) is 12.8. The van der Waals surface area contributed by atoms with Crippen LogP contribution in [0.15, 0.2) is 34.9 Å². The number of benzene rings is 1. The Kier molecular flexibility index (Phi) is 4.30. The van der Waals surface area contributed by atoms with E-state index in [0.29, 0.717) is 0 Å². The first-order valence-corrected chi connectivity index (χ1v) is 7.88. The molecule has 1 aromatic carbocycles. The van der Waals surface area contributed by atoms with Gasteiger partial charge in [0.2, 0.25) is 0 Å². The number of hydrogen-bond acceptors (Lipinski definition) is 3. The van der Waals surface area contributed by atoms with Gasteiger partial charge in [0, 0.05) is 12.0 Å². The lowest BCUT2D eigenvalue weighted by Crippen LogP contribution is -2.23. The molecule has 0 saturated carbocycles. The average molecular weight is 285 g/mol. The zero-order chi connectivity index (χ0) is 14.7. The fourth-order valence-corrected chi connectivity index (χ4v) is 3.07. The molecule has 3 heteroatoms. The van der Waals surface area contributed by atoms with Gasteiger partial charge in [-0.25, -0.2) is 0 Å². The molecule has 0 saturated heterocycles. The summed E-state index contributed by atoms with van der Waals surface area (Å²) >= 11 is 0. The minimum atomic E-state index is 0.191. The summed E-state index contributed by atoms with van der Waals surface area (Å²) in [4.78, 5) is 0. The van der Waals surface area contributed by atoms with E-state index in [1.165, 1.54) is 16.7 Å². The van der Waals surface area contributed by atoms with Gasteiger partial charge in [-0.15, -0.1) is 0 Å². The molecular weight excluding hydrogens is 262 g/mol. The molecule has 21 heavy (non-hydrogen) atoms. The van der Waals surface area contributed by atoms with E-state index < -0.39 is 0 Å². The molecule has 1 aromatic heterocycles. The molecule has 1 N–H and O–H groups in total. The van der Waals surface area contributed by atoms with Crippen molar-refractivity contribution in [1.29, 1.82) is 0 Å². The van der Waals surface area contributed by atoms with Crippen molar-refractivity contribution in [2.75, 3.05) is 13.2 Å². The van der Waals surface area contributed by atoms with Crippen molar-refractivity contribution in [3.05, 3.63) is 53.0 Å². The van der Waals surface area contributed by atoms with Gasteiger partial charge < -0.3 is 14.5 Å². The van der Waals surface area contributed by atoms with Gasteiger partial charge in [0.25, 0.3) is 0 Å². The van der Waals surface area contributed by atoms with Gasteiger partial charge in [-0.1, -0.05) is 26.0 Å². The summed E-state index contributed by atoms with van der Waals surface area (Å²) in [5, 5.41) is 3.58. The van der Waals surface area contributed by atoms with Gasteiger partial charge in [-0.2, -0.15) is 0 Å². The highest BCUT2D eigenvalue weighted by atomic mass is 16.5. The molecular formula is C18H23NO2. The second-order valence-electron chi connectivity index (χ2n) is 5.46. The standard InChI is InChI=1S/C18H23NO2/c1-3-16-15(9-11-21-16)18(19-4-2)14-7-8-17-13(12-14)6-5-10-20-17/h7-9,11-12,18-19H,3-6,10H2,1-2H3. The Morgan fingerprint density at radius 3 is 2.95 bits per heavy atom. The molecule has 0 spiro atoms. The first-order valence-electron chi connectivity index (χ1n) is 7.88. The number of fused-ring (bicyclic) bond motifs is 1. The Bertz CT molecular complexity index is 603. The van der Waals surface area contributed by atoms with Crippen molar-refractivity contribution in [2.24, 2.45) is 0 Å². The monoisotopic (exact) mass is 285 g/mol. The average Bonchev–Trinajstić information content (AvgIpc) is 3.00. The van der Waals surface area contributed by atoms with Crippen molar-refractivity contribution >= 4 is 0 Å². The van der Waals surface area contributed by atoms with Crippen LogP contribution in [0.4, 0.5) is 0 Å². The second-order valence-corrected chi connectivity index (χ2v) is 5.46. The largest absolute Gasteiger partial charge is 0.493 e. The molecule has 0 fully saturated rings. The predicted octanol–water partition coefficient (Wildman–Crippen LogP) is 3.87. The fraction of sp³-hybridized carbons (Fsp3) is 0.444. The molecule has 112 valence electrons. The van der Waals surface area contributed by atoms with E-state index in [1.807, 2.05) is 0 Å². The lowest BCUT2D eigenvalue weighted by Gasteiger charge is -2.22. The van der Waals surface area contributed by atoms with Gasteiger partial charge >= 0.3 is 0 Å². The fourth-order valence-electron chi connectivity index (χ4n) is 3.07. The number of aryl methyl sites for hydroxylation is 2. The van der Waals surface area contributed by atoms with E-state index in [-0.39, 0.29) is 6.04 Å². The third-order valence-corrected chi connectivity index (χ3v) is 4.09. The van der Waals surface area contributed by atoms with Crippen LogP contribution < -0.4 is 10.1 Å². The van der Waals surface area contributed by atoms with Gasteiger partial charge in [0.05, 0.1) is 18.9 Å². The summed E-state index contributed by atoms with van der Waals surface area (Å²) in [6, 6.07) is 8.84. The minimum absolute atomic E-state index is 0.191. The van der Waals surface area contributed by atoms with Gasteiger partial charge in [0.1, 0.15) is 11.5 Å². The Hall–Kier alpha value is -1.74. The Morgan fingerprint density at radius 1 is 1.24 bits per heavy atom. The predicted molar refractivity (Wildman–Crippen MR) is 83.9 cm³/mol. The summed E-state index contributed by atoms with van der Waals surface area (Å²) < 4.78 is 11.3. The zero-order valence-corrected chi connectivity index (χ0v) is 12.8. The molecule has 1 atom stereocenters. The number of nitrogens with one attached hydrogen (secondary N) is 1. The third-order valence-electron chi connectivity index (χ3n) is 4.09. The maximum absolute atomic E-state index is 5.71. The van der Waals surface area contributed by atoms with E-state index in [4.69, 9.17) is 9.15 Å². The van der Waals surface area contributed by atoms with Crippen LogP contribution in [0, 0.1) is 0 Å². The Morgan fingerprint density at radius 2 is 2.14 bits per heavy atom. The summed E-state index contributed by atoms with van der Waals surface area (Å²) in [6.45, 7) is 6.03. The third kappa shape index (κ3) is 2.84. The van der Waals surface area contributed by atoms with Gasteiger partial charge in [-0.3, -0.25) is 0 Å². The highest BCUT2D eigenvalue weighted by molar-refractivity contribution is 5.43. The highest BCUT2D eigenvalue weighted by Crippen LogP contribution is 2.32. The molecule has 3 rings (SSSR count). The summed E-state index contributed by atoms with van der Waals surface area (Å²) in [6.07, 6.45) is 4.92. The SMILES string of the molecule is CCNC(c1ccc2c(c1)CCCO2)c1ccoc1CC. The van der Waals surface area contributed by atoms with Crippen LogP contribution in [-0.4, -0.2) is 13.2 Å². The first kappa shape index (κ1) is 14.2. The van der Waals surface area contributed by atoms with Crippen LogP contribution >= 0.6 is 0 Å². The Labute approximate surface area is 126 Å². The van der Waals surface area contributed by atoms with Crippen LogP contribution in [0.2, 0.25) is 0 Å². The van der Waals surface area contributed by atoms with Crippen molar-refractivity contribution in [3.8, 4) is 5.75 Å². The lowest BCUT2D eigenvalue weighted by atomic mass is 9.94. The van der Waals surface area contributed by atoms with Crippen molar-refractivity contribution in [3.63, 3.8) is 0 Å². The molecule has 0 radical (unpaired) electrons. The quantitative estimate of drug-likeness (QED) is 0.905. The van der Waals surface area contributed by atoms with E-state index >= 15 is 0 Å². The van der Waals surface area contributed by atoms with Crippen molar-refractivity contribution in [2.45, 2.75) is 39.2 Å². The normalized spacial score (nSPS) is 15.3. The molecule has 2 aromatic rings. The molecule has 1 aliphatic rings. The Balaban J connectivity index is 1.97. The smallest absolute Gasteiger partial charge is 0.122 e. The highest BCUT2D eigenvalue weighted by Gasteiger charge is 2.20. The molecule has 3 nitrogen and oxygen atoms in total. The van der Waals surface area contributed by atoms with Crippen LogP contribution in [0.25, 0.3) is 0 Å². The maximum atomic E-state index is 5.71. The number of ether oxygens (including phenoxy) is 1. The van der Waals surface area contributed by atoms with Crippen LogP contribution in [0.1, 0.15) is 48.8 Å². The minimum Gasteiger partial charge on any atom is -0.493 e. The molecule has 1 unspecified atom stereocenters. The molecule has 2 heterocycles. The summed E-state index contributed by atoms with van der Waals surface area (Å²) in [5.74, 6) is 2.11. The topological polar surface area (TPSA) is 34.4 Å². The number of furan rings is 1. The molecule has 0 amide bonds. The van der Waals surface area contributed by atoms with Gasteiger partial charge in [-0.05, 0) is 42.6 Å².